The second-order valence-corrected chi connectivity index (χ2v) is 9.31. The van der Waals surface area contributed by atoms with Crippen LogP contribution in [0.4, 0.5) is 0 Å². The Morgan fingerprint density at radius 2 is 1.18 bits per heavy atom. The van der Waals surface area contributed by atoms with Gasteiger partial charge in [-0.2, -0.15) is 0 Å². The molecule has 4 atom stereocenters. The summed E-state index contributed by atoms with van der Waals surface area (Å²) < 4.78 is 28.3. The van der Waals surface area contributed by atoms with Gasteiger partial charge in [0.1, 0.15) is 26.3 Å². The molecule has 0 aliphatic heterocycles. The smallest absolute Gasteiger partial charge is 0.338 e. The summed E-state index contributed by atoms with van der Waals surface area (Å²) in [4.78, 5) is 12.9. The van der Waals surface area contributed by atoms with E-state index in [9.17, 15) is 15.0 Å². The van der Waals surface area contributed by atoms with Crippen LogP contribution in [0.25, 0.3) is 0 Å². The number of carbonyl (C=O) groups is 1. The number of hydrogen-bond acceptors (Lipinski definition) is 8. The van der Waals surface area contributed by atoms with E-state index in [0.717, 1.165) is 16.7 Å². The maximum absolute atomic E-state index is 12.9. The van der Waals surface area contributed by atoms with E-state index in [1.165, 1.54) is 0 Å². The van der Waals surface area contributed by atoms with Crippen molar-refractivity contribution in [1.82, 2.24) is 0 Å². The summed E-state index contributed by atoms with van der Waals surface area (Å²) in [5.74, 6) is -0.821. The molecule has 0 amide bonds. The quantitative estimate of drug-likeness (QED) is 0.199. The van der Waals surface area contributed by atoms with Gasteiger partial charge >= 0.3 is 5.97 Å². The highest BCUT2D eigenvalue weighted by atomic mass is 16.7. The zero-order valence-corrected chi connectivity index (χ0v) is 21.2. The van der Waals surface area contributed by atoms with Crippen LogP contribution in [-0.2, 0) is 48.3 Å². The van der Waals surface area contributed by atoms with E-state index in [1.807, 2.05) is 91.0 Å². The number of esters is 1. The second-order valence-electron chi connectivity index (χ2n) is 9.31. The molecular formula is C30H34O8. The first-order valence-electron chi connectivity index (χ1n) is 12.6. The fourth-order valence-electron chi connectivity index (χ4n) is 4.37. The van der Waals surface area contributed by atoms with Crippen molar-refractivity contribution in [3.63, 3.8) is 0 Å². The van der Waals surface area contributed by atoms with Gasteiger partial charge in [0, 0.05) is 12.8 Å². The minimum absolute atomic E-state index is 0.0110. The molecule has 0 heterocycles. The zero-order chi connectivity index (χ0) is 26.6. The Balaban J connectivity index is 1.35. The van der Waals surface area contributed by atoms with Gasteiger partial charge in [-0.25, -0.2) is 4.79 Å². The zero-order valence-electron chi connectivity index (χ0n) is 21.2. The van der Waals surface area contributed by atoms with Crippen LogP contribution < -0.4 is 0 Å². The summed E-state index contributed by atoms with van der Waals surface area (Å²) in [5.41, 5.74) is 0.809. The molecule has 8 nitrogen and oxygen atoms in total. The fourth-order valence-corrected chi connectivity index (χ4v) is 4.37. The molecule has 8 heteroatoms. The van der Waals surface area contributed by atoms with Gasteiger partial charge in [-0.05, 0) is 16.7 Å². The lowest BCUT2D eigenvalue weighted by Crippen LogP contribution is -2.58. The molecule has 1 aliphatic rings. The van der Waals surface area contributed by atoms with E-state index in [2.05, 4.69) is 0 Å². The molecule has 4 rings (SSSR count). The number of benzene rings is 3. The molecule has 38 heavy (non-hydrogen) atoms. The molecule has 3 aromatic rings. The van der Waals surface area contributed by atoms with Gasteiger partial charge in [0.05, 0.1) is 25.4 Å². The Bertz CT molecular complexity index is 1100. The molecule has 3 aromatic carbocycles. The lowest BCUT2D eigenvalue weighted by Gasteiger charge is -2.42. The Morgan fingerprint density at radius 3 is 1.71 bits per heavy atom. The molecule has 0 spiro atoms. The van der Waals surface area contributed by atoms with E-state index in [0.29, 0.717) is 13.2 Å². The maximum atomic E-state index is 12.9. The van der Waals surface area contributed by atoms with Crippen LogP contribution in [0, 0.1) is 0 Å². The normalized spacial score (nSPS) is 23.2. The Labute approximate surface area is 222 Å². The molecule has 0 saturated heterocycles. The summed E-state index contributed by atoms with van der Waals surface area (Å²) in [6, 6.07) is 28.4. The van der Waals surface area contributed by atoms with Gasteiger partial charge in [0.25, 0.3) is 0 Å². The lowest BCUT2D eigenvalue weighted by molar-refractivity contribution is -0.238. The lowest BCUT2D eigenvalue weighted by atomic mass is 9.79. The molecule has 2 N–H and O–H groups in total. The average molecular weight is 523 g/mol. The molecule has 0 aromatic heterocycles. The molecule has 1 aliphatic carbocycles. The number of aliphatic hydroxyl groups is 2. The van der Waals surface area contributed by atoms with Crippen molar-refractivity contribution in [1.29, 1.82) is 0 Å². The van der Waals surface area contributed by atoms with Crippen molar-refractivity contribution < 1.29 is 38.7 Å². The van der Waals surface area contributed by atoms with Gasteiger partial charge < -0.3 is 33.9 Å². The SMILES string of the molecule is O=C(OCc1ccccc1)[C@]1(O)C[C@@H](O)[C@@H](OCOCc2ccccc2)[C@H](OCOCc2ccccc2)C1. The highest BCUT2D eigenvalue weighted by Crippen LogP contribution is 2.34. The maximum Gasteiger partial charge on any atom is 0.338 e. The van der Waals surface area contributed by atoms with Crippen molar-refractivity contribution in [2.24, 2.45) is 0 Å². The summed E-state index contributed by atoms with van der Waals surface area (Å²) in [5, 5.41) is 22.1. The van der Waals surface area contributed by atoms with Gasteiger partial charge in [-0.1, -0.05) is 91.0 Å². The molecule has 1 fully saturated rings. The van der Waals surface area contributed by atoms with Crippen LogP contribution in [0.5, 0.6) is 0 Å². The monoisotopic (exact) mass is 522 g/mol. The summed E-state index contributed by atoms with van der Waals surface area (Å²) in [6.07, 6.45) is -3.26. The third kappa shape index (κ3) is 8.19. The molecule has 1 saturated carbocycles. The number of rotatable bonds is 13. The van der Waals surface area contributed by atoms with E-state index < -0.39 is 29.9 Å². The van der Waals surface area contributed by atoms with E-state index in [-0.39, 0.29) is 33.0 Å². The van der Waals surface area contributed by atoms with E-state index in [1.54, 1.807) is 0 Å². The summed E-state index contributed by atoms with van der Waals surface area (Å²) in [6.45, 7) is 0.456. The van der Waals surface area contributed by atoms with Gasteiger partial charge in [-0.3, -0.25) is 0 Å². The molecule has 0 bridgehead atoms. The number of aliphatic hydroxyl groups excluding tert-OH is 1. The summed E-state index contributed by atoms with van der Waals surface area (Å²) in [7, 11) is 0. The third-order valence-electron chi connectivity index (χ3n) is 6.36. The highest BCUT2D eigenvalue weighted by molar-refractivity contribution is 5.79. The molecule has 0 radical (unpaired) electrons. The van der Waals surface area contributed by atoms with Crippen molar-refractivity contribution in [3.05, 3.63) is 108 Å². The van der Waals surface area contributed by atoms with Gasteiger partial charge in [0.15, 0.2) is 5.60 Å². The van der Waals surface area contributed by atoms with Gasteiger partial charge in [0.2, 0.25) is 0 Å². The predicted octanol–water partition coefficient (Wildman–Crippen LogP) is 3.73. The molecule has 202 valence electrons. The van der Waals surface area contributed by atoms with Crippen LogP contribution in [0.15, 0.2) is 91.0 Å². The Hall–Kier alpha value is -3.11. The van der Waals surface area contributed by atoms with Crippen molar-refractivity contribution >= 4 is 5.97 Å². The third-order valence-corrected chi connectivity index (χ3v) is 6.36. The first-order chi connectivity index (χ1) is 18.5. The summed E-state index contributed by atoms with van der Waals surface area (Å²) >= 11 is 0. The standard InChI is InChI=1S/C30H34O8/c31-26-16-30(33,29(32)36-20-25-14-8-3-9-15-25)17-27(37-21-34-18-23-10-4-1-5-11-23)28(26)38-22-35-19-24-12-6-2-7-13-24/h1-15,26-28,31,33H,16-22H2/t26-,27-,28-,30+/m1/s1. The number of ether oxygens (including phenoxy) is 5. The average Bonchev–Trinajstić information content (AvgIpc) is 2.94. The van der Waals surface area contributed by atoms with Crippen LogP contribution in [-0.4, -0.2) is 53.7 Å². The molecule has 0 unspecified atom stereocenters. The largest absolute Gasteiger partial charge is 0.459 e. The van der Waals surface area contributed by atoms with Crippen molar-refractivity contribution in [2.75, 3.05) is 13.6 Å². The fraction of sp³-hybridized carbons (Fsp3) is 0.367. The van der Waals surface area contributed by atoms with Crippen LogP contribution >= 0.6 is 0 Å². The van der Waals surface area contributed by atoms with Crippen molar-refractivity contribution in [2.45, 2.75) is 56.6 Å². The van der Waals surface area contributed by atoms with Crippen LogP contribution in [0.3, 0.4) is 0 Å². The van der Waals surface area contributed by atoms with Crippen molar-refractivity contribution in [3.8, 4) is 0 Å². The minimum Gasteiger partial charge on any atom is -0.459 e. The van der Waals surface area contributed by atoms with Crippen LogP contribution in [0.1, 0.15) is 29.5 Å². The topological polar surface area (TPSA) is 104 Å². The van der Waals surface area contributed by atoms with Crippen LogP contribution in [0.2, 0.25) is 0 Å². The first kappa shape index (κ1) is 27.9. The first-order valence-corrected chi connectivity index (χ1v) is 12.6. The Kier molecular flexibility index (Phi) is 10.4. The van der Waals surface area contributed by atoms with E-state index in [4.69, 9.17) is 23.7 Å². The second kappa shape index (κ2) is 14.2. The van der Waals surface area contributed by atoms with E-state index >= 15 is 0 Å². The Morgan fingerprint density at radius 1 is 0.711 bits per heavy atom. The molecular weight excluding hydrogens is 488 g/mol. The van der Waals surface area contributed by atoms with Gasteiger partial charge in [-0.15, -0.1) is 0 Å². The highest BCUT2D eigenvalue weighted by Gasteiger charge is 2.51. The predicted molar refractivity (Wildman–Crippen MR) is 138 cm³/mol. The number of carbonyl (C=O) groups excluding carboxylic acids is 1. The number of hydrogen-bond donors (Lipinski definition) is 2. The minimum atomic E-state index is -1.94.